The summed E-state index contributed by atoms with van der Waals surface area (Å²) in [5.74, 6) is -1.19. The van der Waals surface area contributed by atoms with Crippen LogP contribution in [0.25, 0.3) is 11.5 Å². The molecule has 2 aromatic heterocycles. The fraction of sp³-hybridized carbons (Fsp3) is 0.125. The molecule has 0 aliphatic carbocycles. The maximum Gasteiger partial charge on any atom is 0.356 e. The molecule has 0 radical (unpaired) electrons. The van der Waals surface area contributed by atoms with Crippen molar-refractivity contribution in [3.63, 3.8) is 0 Å². The molecule has 0 bridgehead atoms. The van der Waals surface area contributed by atoms with Gasteiger partial charge in [-0.2, -0.15) is 4.98 Å². The molecular formula is C16H12ClN5O4. The Kier molecular flexibility index (Phi) is 4.90. The first kappa shape index (κ1) is 17.5. The van der Waals surface area contributed by atoms with E-state index in [0.29, 0.717) is 16.5 Å². The Labute approximate surface area is 152 Å². The first-order valence-corrected chi connectivity index (χ1v) is 7.77. The Bertz CT molecular complexity index is 940. The molecule has 1 unspecified atom stereocenters. The van der Waals surface area contributed by atoms with E-state index in [1.54, 1.807) is 31.2 Å². The largest absolute Gasteiger partial charge is 0.476 e. The monoisotopic (exact) mass is 373 g/mol. The number of benzene rings is 1. The third kappa shape index (κ3) is 3.83. The van der Waals surface area contributed by atoms with Gasteiger partial charge in [0, 0.05) is 10.6 Å². The maximum absolute atomic E-state index is 12.2. The number of carboxylic acids is 1. The Morgan fingerprint density at radius 2 is 1.81 bits per heavy atom. The summed E-state index contributed by atoms with van der Waals surface area (Å²) in [6.07, 6.45) is 2.09. The zero-order chi connectivity index (χ0) is 18.7. The van der Waals surface area contributed by atoms with Gasteiger partial charge in [0.15, 0.2) is 11.5 Å². The molecule has 2 N–H and O–H groups in total. The highest BCUT2D eigenvalue weighted by molar-refractivity contribution is 6.30. The van der Waals surface area contributed by atoms with E-state index >= 15 is 0 Å². The summed E-state index contributed by atoms with van der Waals surface area (Å²) in [7, 11) is 0. The summed E-state index contributed by atoms with van der Waals surface area (Å²) in [5, 5.41) is 15.9. The summed E-state index contributed by atoms with van der Waals surface area (Å²) in [6.45, 7) is 1.67. The van der Waals surface area contributed by atoms with Gasteiger partial charge >= 0.3 is 5.97 Å². The Morgan fingerprint density at radius 1 is 1.15 bits per heavy atom. The summed E-state index contributed by atoms with van der Waals surface area (Å²) < 4.78 is 5.19. The Balaban J connectivity index is 1.69. The van der Waals surface area contributed by atoms with Crippen LogP contribution in [0, 0.1) is 0 Å². The zero-order valence-corrected chi connectivity index (χ0v) is 14.1. The van der Waals surface area contributed by atoms with Crippen molar-refractivity contribution in [2.45, 2.75) is 13.0 Å². The van der Waals surface area contributed by atoms with Crippen molar-refractivity contribution >= 4 is 23.5 Å². The second kappa shape index (κ2) is 7.28. The van der Waals surface area contributed by atoms with Crippen LogP contribution in [0.1, 0.15) is 39.8 Å². The molecule has 1 amide bonds. The van der Waals surface area contributed by atoms with Crippen molar-refractivity contribution < 1.29 is 19.2 Å². The van der Waals surface area contributed by atoms with Crippen LogP contribution in [-0.2, 0) is 0 Å². The van der Waals surface area contributed by atoms with E-state index in [4.69, 9.17) is 21.2 Å². The fourth-order valence-electron chi connectivity index (χ4n) is 2.01. The molecule has 1 aromatic carbocycles. The summed E-state index contributed by atoms with van der Waals surface area (Å²) in [6, 6.07) is 6.31. The summed E-state index contributed by atoms with van der Waals surface area (Å²) >= 11 is 5.84. The van der Waals surface area contributed by atoms with Gasteiger partial charge in [-0.05, 0) is 31.2 Å². The number of carboxylic acid groups (broad SMARTS) is 1. The first-order chi connectivity index (χ1) is 12.4. The third-order valence-electron chi connectivity index (χ3n) is 3.37. The van der Waals surface area contributed by atoms with Gasteiger partial charge in [-0.3, -0.25) is 4.79 Å². The SMILES string of the molecule is CC(NC(=O)c1cnc(C(=O)O)cn1)c1noc(-c2ccc(Cl)cc2)n1. The topological polar surface area (TPSA) is 131 Å². The van der Waals surface area contributed by atoms with Gasteiger partial charge in [0.2, 0.25) is 0 Å². The van der Waals surface area contributed by atoms with E-state index in [1.807, 2.05) is 0 Å². The van der Waals surface area contributed by atoms with Crippen molar-refractivity contribution in [2.75, 3.05) is 0 Å². The number of nitrogens with zero attached hydrogens (tertiary/aromatic N) is 4. The van der Waals surface area contributed by atoms with Crippen LogP contribution in [0.5, 0.6) is 0 Å². The van der Waals surface area contributed by atoms with Gasteiger partial charge in [-0.1, -0.05) is 16.8 Å². The van der Waals surface area contributed by atoms with E-state index in [-0.39, 0.29) is 17.2 Å². The molecule has 0 fully saturated rings. The average Bonchev–Trinajstić information content (AvgIpc) is 3.12. The standard InChI is InChI=1S/C16H12ClN5O4/c1-8(20-14(23)11-6-19-12(7-18-11)16(24)25)13-21-15(26-22-13)9-2-4-10(17)5-3-9/h2-8H,1H3,(H,20,23)(H,24,25). The molecule has 3 aromatic rings. The highest BCUT2D eigenvalue weighted by atomic mass is 35.5. The van der Waals surface area contributed by atoms with Crippen LogP contribution < -0.4 is 5.32 Å². The van der Waals surface area contributed by atoms with Crippen molar-refractivity contribution in [3.05, 3.63) is 58.9 Å². The Hall–Kier alpha value is -3.33. The fourth-order valence-corrected chi connectivity index (χ4v) is 2.14. The number of carbonyl (C=O) groups is 2. The minimum Gasteiger partial charge on any atom is -0.476 e. The zero-order valence-electron chi connectivity index (χ0n) is 13.4. The highest BCUT2D eigenvalue weighted by Crippen LogP contribution is 2.21. The average molecular weight is 374 g/mol. The van der Waals surface area contributed by atoms with E-state index in [1.165, 1.54) is 0 Å². The number of aromatic carboxylic acids is 1. The molecule has 0 spiro atoms. The van der Waals surface area contributed by atoms with Gasteiger partial charge in [0.25, 0.3) is 11.8 Å². The lowest BCUT2D eigenvalue weighted by molar-refractivity contribution is 0.0689. The van der Waals surface area contributed by atoms with Gasteiger partial charge in [-0.15, -0.1) is 0 Å². The lowest BCUT2D eigenvalue weighted by Gasteiger charge is -2.09. The number of rotatable bonds is 5. The van der Waals surface area contributed by atoms with Crippen LogP contribution >= 0.6 is 11.6 Å². The number of hydrogen-bond donors (Lipinski definition) is 2. The summed E-state index contributed by atoms with van der Waals surface area (Å²) in [5.41, 5.74) is 0.422. The summed E-state index contributed by atoms with van der Waals surface area (Å²) in [4.78, 5) is 34.6. The minimum absolute atomic E-state index is 0.0248. The molecule has 0 saturated carbocycles. The second-order valence-electron chi connectivity index (χ2n) is 5.25. The molecule has 2 heterocycles. The smallest absolute Gasteiger partial charge is 0.356 e. The van der Waals surface area contributed by atoms with Crippen molar-refractivity contribution in [3.8, 4) is 11.5 Å². The van der Waals surface area contributed by atoms with Crippen molar-refractivity contribution in [1.29, 1.82) is 0 Å². The van der Waals surface area contributed by atoms with Gasteiger partial charge < -0.3 is 14.9 Å². The van der Waals surface area contributed by atoms with Crippen molar-refractivity contribution in [2.24, 2.45) is 0 Å². The molecular weight excluding hydrogens is 362 g/mol. The van der Waals surface area contributed by atoms with E-state index in [9.17, 15) is 9.59 Å². The molecule has 1 atom stereocenters. The first-order valence-electron chi connectivity index (χ1n) is 7.40. The number of carbonyl (C=O) groups excluding carboxylic acids is 1. The molecule has 26 heavy (non-hydrogen) atoms. The van der Waals surface area contributed by atoms with Crippen LogP contribution in [0.2, 0.25) is 5.02 Å². The molecule has 0 saturated heterocycles. The second-order valence-corrected chi connectivity index (χ2v) is 5.69. The normalized spacial score (nSPS) is 11.8. The third-order valence-corrected chi connectivity index (χ3v) is 3.62. The van der Waals surface area contributed by atoms with Gasteiger partial charge in [0.1, 0.15) is 5.69 Å². The lowest BCUT2D eigenvalue weighted by atomic mass is 10.2. The Morgan fingerprint density at radius 3 is 2.42 bits per heavy atom. The number of amides is 1. The van der Waals surface area contributed by atoms with E-state index in [2.05, 4.69) is 25.4 Å². The van der Waals surface area contributed by atoms with E-state index < -0.39 is 17.9 Å². The number of aromatic nitrogens is 4. The van der Waals surface area contributed by atoms with Gasteiger partial charge in [0.05, 0.1) is 18.4 Å². The van der Waals surface area contributed by atoms with Crippen LogP contribution in [0.4, 0.5) is 0 Å². The molecule has 132 valence electrons. The quantitative estimate of drug-likeness (QED) is 0.696. The van der Waals surface area contributed by atoms with Gasteiger partial charge in [-0.25, -0.2) is 14.8 Å². The molecule has 3 rings (SSSR count). The lowest BCUT2D eigenvalue weighted by Crippen LogP contribution is -2.28. The van der Waals surface area contributed by atoms with E-state index in [0.717, 1.165) is 12.4 Å². The van der Waals surface area contributed by atoms with Crippen LogP contribution in [0.3, 0.4) is 0 Å². The predicted octanol–water partition coefficient (Wildman–Crippen LogP) is 2.37. The molecule has 9 nitrogen and oxygen atoms in total. The van der Waals surface area contributed by atoms with Crippen molar-refractivity contribution in [1.82, 2.24) is 25.4 Å². The number of nitrogens with one attached hydrogen (secondary N) is 1. The molecule has 0 aliphatic rings. The van der Waals surface area contributed by atoms with Crippen LogP contribution in [0.15, 0.2) is 41.2 Å². The number of halogens is 1. The molecule has 0 aliphatic heterocycles. The highest BCUT2D eigenvalue weighted by Gasteiger charge is 2.19. The maximum atomic E-state index is 12.2. The number of hydrogen-bond acceptors (Lipinski definition) is 7. The minimum atomic E-state index is -1.22. The molecule has 10 heteroatoms. The predicted molar refractivity (Wildman–Crippen MR) is 89.6 cm³/mol. The van der Waals surface area contributed by atoms with Crippen LogP contribution in [-0.4, -0.2) is 37.1 Å².